The molecule has 124 valence electrons. The predicted octanol–water partition coefficient (Wildman–Crippen LogP) is 2.27. The van der Waals surface area contributed by atoms with Crippen molar-refractivity contribution in [2.24, 2.45) is 0 Å². The van der Waals surface area contributed by atoms with E-state index in [9.17, 15) is 9.59 Å². The van der Waals surface area contributed by atoms with Crippen LogP contribution in [-0.2, 0) is 14.3 Å². The minimum Gasteiger partial charge on any atom is -0.466 e. The second kappa shape index (κ2) is 7.69. The normalized spacial score (nSPS) is 14.5. The van der Waals surface area contributed by atoms with Gasteiger partial charge in [0.25, 0.3) is 5.91 Å². The average molecular weight is 471 g/mol. The smallest absolute Gasteiger partial charge is 0.337 e. The zero-order chi connectivity index (χ0) is 17.1. The summed E-state index contributed by atoms with van der Waals surface area (Å²) in [7, 11) is 1.23. The van der Waals surface area contributed by atoms with Crippen LogP contribution < -0.4 is 5.32 Å². The number of esters is 1. The number of amides is 1. The summed E-state index contributed by atoms with van der Waals surface area (Å²) in [5.74, 6) is -1.05. The Bertz CT molecular complexity index is 670. The highest BCUT2D eigenvalue weighted by Crippen LogP contribution is 2.35. The molecule has 23 heavy (non-hydrogen) atoms. The standard InChI is InChI=1S/C14H13Cl2IN2O4/c1-23-14(22)8-6-19(2-3-20)13(21)11(8)18-12-9(15)4-7(17)5-10(12)16/h4-5,18,20H,2-3,6H2,1H3. The molecule has 1 aliphatic rings. The third-order valence-corrected chi connectivity index (χ3v) is 4.43. The van der Waals surface area contributed by atoms with E-state index in [1.165, 1.54) is 12.0 Å². The van der Waals surface area contributed by atoms with E-state index in [4.69, 9.17) is 33.0 Å². The Morgan fingerprint density at radius 3 is 2.57 bits per heavy atom. The Balaban J connectivity index is 2.41. The number of halogens is 3. The maximum atomic E-state index is 12.4. The first kappa shape index (κ1) is 18.3. The van der Waals surface area contributed by atoms with E-state index < -0.39 is 11.9 Å². The van der Waals surface area contributed by atoms with Crippen LogP contribution in [0.2, 0.25) is 10.0 Å². The molecule has 1 heterocycles. The molecule has 9 heteroatoms. The summed E-state index contributed by atoms with van der Waals surface area (Å²) in [5, 5.41) is 12.5. The van der Waals surface area contributed by atoms with E-state index in [-0.39, 0.29) is 31.0 Å². The van der Waals surface area contributed by atoms with Crippen molar-refractivity contribution in [3.63, 3.8) is 0 Å². The molecule has 1 aromatic carbocycles. The Morgan fingerprint density at radius 2 is 2.04 bits per heavy atom. The van der Waals surface area contributed by atoms with Gasteiger partial charge in [-0.05, 0) is 34.7 Å². The monoisotopic (exact) mass is 470 g/mol. The number of methoxy groups -OCH3 is 1. The zero-order valence-corrected chi connectivity index (χ0v) is 15.7. The van der Waals surface area contributed by atoms with Crippen LogP contribution in [0, 0.1) is 3.57 Å². The summed E-state index contributed by atoms with van der Waals surface area (Å²) >= 11 is 14.4. The summed E-state index contributed by atoms with van der Waals surface area (Å²) in [5.41, 5.74) is 0.552. The zero-order valence-electron chi connectivity index (χ0n) is 12.0. The number of aliphatic hydroxyl groups is 1. The summed E-state index contributed by atoms with van der Waals surface area (Å²) in [6.07, 6.45) is 0. The minimum absolute atomic E-state index is 0.0496. The van der Waals surface area contributed by atoms with Crippen molar-refractivity contribution in [2.45, 2.75) is 0 Å². The fraction of sp³-hybridized carbons (Fsp3) is 0.286. The first-order valence-electron chi connectivity index (χ1n) is 6.52. The lowest BCUT2D eigenvalue weighted by atomic mass is 10.2. The number of rotatable bonds is 5. The van der Waals surface area contributed by atoms with Crippen LogP contribution in [0.5, 0.6) is 0 Å². The van der Waals surface area contributed by atoms with Crippen LogP contribution in [0.3, 0.4) is 0 Å². The SMILES string of the molecule is COC(=O)C1=C(Nc2c(Cl)cc(I)cc2Cl)C(=O)N(CCO)C1. The molecule has 0 atom stereocenters. The molecule has 0 saturated carbocycles. The predicted molar refractivity (Wildman–Crippen MR) is 95.5 cm³/mol. The molecule has 0 saturated heterocycles. The highest BCUT2D eigenvalue weighted by atomic mass is 127. The molecule has 2 rings (SSSR count). The van der Waals surface area contributed by atoms with Crippen molar-refractivity contribution >= 4 is 63.4 Å². The lowest BCUT2D eigenvalue weighted by Gasteiger charge is -2.16. The summed E-state index contributed by atoms with van der Waals surface area (Å²) < 4.78 is 5.55. The topological polar surface area (TPSA) is 78.9 Å². The van der Waals surface area contributed by atoms with Gasteiger partial charge in [-0.1, -0.05) is 23.2 Å². The maximum absolute atomic E-state index is 12.4. The first-order valence-corrected chi connectivity index (χ1v) is 8.35. The number of hydrogen-bond acceptors (Lipinski definition) is 5. The van der Waals surface area contributed by atoms with Crippen LogP contribution in [0.4, 0.5) is 5.69 Å². The number of nitrogens with zero attached hydrogens (tertiary/aromatic N) is 1. The number of anilines is 1. The molecule has 1 aromatic rings. The number of nitrogens with one attached hydrogen (secondary N) is 1. The second-order valence-electron chi connectivity index (χ2n) is 4.66. The average Bonchev–Trinajstić information content (AvgIpc) is 2.79. The van der Waals surface area contributed by atoms with Crippen LogP contribution >= 0.6 is 45.8 Å². The van der Waals surface area contributed by atoms with Crippen molar-refractivity contribution < 1.29 is 19.4 Å². The van der Waals surface area contributed by atoms with Crippen molar-refractivity contribution in [2.75, 3.05) is 32.1 Å². The molecule has 2 N–H and O–H groups in total. The van der Waals surface area contributed by atoms with Gasteiger partial charge >= 0.3 is 5.97 Å². The summed E-state index contributed by atoms with van der Waals surface area (Å²) in [6, 6.07) is 3.36. The number of carbonyl (C=O) groups excluding carboxylic acids is 2. The third kappa shape index (κ3) is 3.90. The van der Waals surface area contributed by atoms with E-state index >= 15 is 0 Å². The van der Waals surface area contributed by atoms with Crippen molar-refractivity contribution in [3.05, 3.63) is 37.0 Å². The number of hydrogen-bond donors (Lipinski definition) is 2. The van der Waals surface area contributed by atoms with Gasteiger partial charge in [-0.2, -0.15) is 0 Å². The van der Waals surface area contributed by atoms with Gasteiger partial charge in [0.05, 0.1) is 41.6 Å². The summed E-state index contributed by atoms with van der Waals surface area (Å²) in [6.45, 7) is -0.0504. The van der Waals surface area contributed by atoms with Crippen LogP contribution in [0.1, 0.15) is 0 Å². The van der Waals surface area contributed by atoms with Crippen LogP contribution in [0.15, 0.2) is 23.4 Å². The molecular weight excluding hydrogens is 458 g/mol. The molecule has 0 aliphatic carbocycles. The highest BCUT2D eigenvalue weighted by molar-refractivity contribution is 14.1. The van der Waals surface area contributed by atoms with Crippen molar-refractivity contribution in [1.29, 1.82) is 0 Å². The number of aliphatic hydroxyl groups excluding tert-OH is 1. The minimum atomic E-state index is -0.626. The first-order chi connectivity index (χ1) is 10.9. The molecule has 0 aromatic heterocycles. The molecule has 1 amide bonds. The van der Waals surface area contributed by atoms with Crippen LogP contribution in [0.25, 0.3) is 0 Å². The number of ether oxygens (including phenoxy) is 1. The molecule has 0 fully saturated rings. The van der Waals surface area contributed by atoms with E-state index in [2.05, 4.69) is 27.9 Å². The van der Waals surface area contributed by atoms with Gasteiger partial charge in [0, 0.05) is 10.1 Å². The van der Waals surface area contributed by atoms with Gasteiger partial charge in [0.15, 0.2) is 0 Å². The van der Waals surface area contributed by atoms with E-state index in [0.717, 1.165) is 3.57 Å². The lowest BCUT2D eigenvalue weighted by Crippen LogP contribution is -2.31. The van der Waals surface area contributed by atoms with Crippen molar-refractivity contribution in [1.82, 2.24) is 4.90 Å². The van der Waals surface area contributed by atoms with Gasteiger partial charge in [-0.25, -0.2) is 4.79 Å². The van der Waals surface area contributed by atoms with E-state index in [1.807, 2.05) is 0 Å². The molecule has 0 spiro atoms. The second-order valence-corrected chi connectivity index (χ2v) is 6.72. The maximum Gasteiger partial charge on any atom is 0.337 e. The Kier molecular flexibility index (Phi) is 6.12. The fourth-order valence-electron chi connectivity index (χ4n) is 2.14. The van der Waals surface area contributed by atoms with Gasteiger partial charge in [0.1, 0.15) is 5.70 Å². The number of benzene rings is 1. The van der Waals surface area contributed by atoms with Gasteiger partial charge < -0.3 is 20.1 Å². The molecular formula is C14H13Cl2IN2O4. The van der Waals surface area contributed by atoms with E-state index in [1.54, 1.807) is 12.1 Å². The molecule has 6 nitrogen and oxygen atoms in total. The lowest BCUT2D eigenvalue weighted by molar-refractivity contribution is -0.136. The number of carbonyl (C=O) groups is 2. The summed E-state index contributed by atoms with van der Waals surface area (Å²) in [4.78, 5) is 25.7. The highest BCUT2D eigenvalue weighted by Gasteiger charge is 2.35. The third-order valence-electron chi connectivity index (χ3n) is 3.21. The quantitative estimate of drug-likeness (QED) is 0.509. The van der Waals surface area contributed by atoms with Gasteiger partial charge in [0.2, 0.25) is 0 Å². The van der Waals surface area contributed by atoms with Crippen LogP contribution in [-0.4, -0.2) is 48.7 Å². The molecule has 1 aliphatic heterocycles. The van der Waals surface area contributed by atoms with Crippen molar-refractivity contribution in [3.8, 4) is 0 Å². The fourth-order valence-corrected chi connectivity index (χ4v) is 3.71. The largest absolute Gasteiger partial charge is 0.466 e. The molecule has 0 radical (unpaired) electrons. The molecule has 0 unspecified atom stereocenters. The van der Waals surface area contributed by atoms with Gasteiger partial charge in [-0.15, -0.1) is 0 Å². The van der Waals surface area contributed by atoms with Gasteiger partial charge in [-0.3, -0.25) is 4.79 Å². The Morgan fingerprint density at radius 1 is 1.43 bits per heavy atom. The number of β-amino-alcohol motifs (C(OH)–C–C–N with tert-alkyl or cyclic N) is 1. The molecule has 0 bridgehead atoms. The Hall–Kier alpha value is -1.03. The van der Waals surface area contributed by atoms with E-state index in [0.29, 0.717) is 15.7 Å². The Labute approximate surface area is 156 Å².